The van der Waals surface area contributed by atoms with E-state index < -0.39 is 0 Å². The maximum atomic E-state index is 13.9. The summed E-state index contributed by atoms with van der Waals surface area (Å²) in [6.45, 7) is 0. The Kier molecular flexibility index (Phi) is 4.35. The Balaban J connectivity index is 1.74. The molecule has 3 unspecified atom stereocenters. The van der Waals surface area contributed by atoms with Gasteiger partial charge < -0.3 is 5.73 Å². The predicted molar refractivity (Wildman–Crippen MR) is 84.6 cm³/mol. The van der Waals surface area contributed by atoms with Crippen LogP contribution in [0.3, 0.4) is 0 Å². The Morgan fingerprint density at radius 1 is 0.952 bits per heavy atom. The van der Waals surface area contributed by atoms with Crippen molar-refractivity contribution in [1.29, 1.82) is 0 Å². The largest absolute Gasteiger partial charge is 0.327 e. The summed E-state index contributed by atoms with van der Waals surface area (Å²) in [4.78, 5) is 0. The summed E-state index contributed by atoms with van der Waals surface area (Å²) in [6, 6.07) is 17.9. The van der Waals surface area contributed by atoms with E-state index in [0.29, 0.717) is 11.8 Å². The Morgan fingerprint density at radius 2 is 1.67 bits per heavy atom. The molecule has 2 N–H and O–H groups in total. The van der Waals surface area contributed by atoms with Gasteiger partial charge in [0.25, 0.3) is 0 Å². The van der Waals surface area contributed by atoms with E-state index in [2.05, 4.69) is 30.3 Å². The summed E-state index contributed by atoms with van der Waals surface area (Å²) in [6.07, 6.45) is 3.97. The Labute approximate surface area is 126 Å². The molecule has 1 nitrogen and oxygen atoms in total. The summed E-state index contributed by atoms with van der Waals surface area (Å²) in [5.41, 5.74) is 8.48. The lowest BCUT2D eigenvalue weighted by atomic mass is 9.73. The minimum absolute atomic E-state index is 0.105. The molecule has 0 heterocycles. The molecule has 0 aliphatic heterocycles. The van der Waals surface area contributed by atoms with Crippen molar-refractivity contribution in [3.8, 4) is 0 Å². The molecule has 3 atom stereocenters. The second-order valence-corrected chi connectivity index (χ2v) is 6.14. The number of hydrogen-bond acceptors (Lipinski definition) is 1. The van der Waals surface area contributed by atoms with Crippen LogP contribution in [0.2, 0.25) is 0 Å². The molecule has 2 aromatic rings. The molecule has 0 amide bonds. The summed E-state index contributed by atoms with van der Waals surface area (Å²) in [5, 5.41) is 0. The highest BCUT2D eigenvalue weighted by molar-refractivity contribution is 5.22. The van der Waals surface area contributed by atoms with Gasteiger partial charge in [0.2, 0.25) is 0 Å². The van der Waals surface area contributed by atoms with Crippen molar-refractivity contribution in [3.63, 3.8) is 0 Å². The Morgan fingerprint density at radius 3 is 2.43 bits per heavy atom. The topological polar surface area (TPSA) is 26.0 Å². The molecule has 1 fully saturated rings. The van der Waals surface area contributed by atoms with Gasteiger partial charge in [-0.05, 0) is 54.7 Å². The van der Waals surface area contributed by atoms with Crippen LogP contribution in [0.1, 0.15) is 36.3 Å². The van der Waals surface area contributed by atoms with Gasteiger partial charge in [0, 0.05) is 6.04 Å². The van der Waals surface area contributed by atoms with E-state index in [0.717, 1.165) is 31.2 Å². The number of hydrogen-bond donors (Lipinski definition) is 1. The molecule has 3 rings (SSSR count). The van der Waals surface area contributed by atoms with Crippen LogP contribution in [0.15, 0.2) is 54.6 Å². The number of benzene rings is 2. The van der Waals surface area contributed by atoms with Gasteiger partial charge >= 0.3 is 0 Å². The van der Waals surface area contributed by atoms with Crippen molar-refractivity contribution in [3.05, 3.63) is 71.5 Å². The molecule has 110 valence electrons. The lowest BCUT2D eigenvalue weighted by molar-refractivity contribution is 0.275. The average Bonchev–Trinajstić information content (AvgIpc) is 2.52. The fraction of sp³-hybridized carbons (Fsp3) is 0.368. The minimum Gasteiger partial charge on any atom is -0.327 e. The summed E-state index contributed by atoms with van der Waals surface area (Å²) >= 11 is 0. The summed E-state index contributed by atoms with van der Waals surface area (Å²) in [5.74, 6) is 0.815. The summed E-state index contributed by atoms with van der Waals surface area (Å²) in [7, 11) is 0. The maximum Gasteiger partial charge on any atom is 0.126 e. The van der Waals surface area contributed by atoms with Gasteiger partial charge in [0.05, 0.1) is 0 Å². The van der Waals surface area contributed by atoms with Gasteiger partial charge in [0.15, 0.2) is 0 Å². The van der Waals surface area contributed by atoms with Gasteiger partial charge in [-0.25, -0.2) is 4.39 Å². The van der Waals surface area contributed by atoms with Crippen LogP contribution in [0, 0.1) is 11.7 Å². The fourth-order valence-electron chi connectivity index (χ4n) is 3.50. The van der Waals surface area contributed by atoms with Gasteiger partial charge in [0.1, 0.15) is 5.82 Å². The highest BCUT2D eigenvalue weighted by Crippen LogP contribution is 2.37. The predicted octanol–water partition coefficient (Wildman–Crippen LogP) is 4.28. The van der Waals surface area contributed by atoms with Crippen LogP contribution in [0.25, 0.3) is 0 Å². The first kappa shape index (κ1) is 14.3. The van der Waals surface area contributed by atoms with Gasteiger partial charge in [-0.3, -0.25) is 0 Å². The molecule has 0 bridgehead atoms. The number of nitrogens with two attached hydrogens (primary N) is 1. The molecule has 1 aliphatic carbocycles. The zero-order valence-corrected chi connectivity index (χ0v) is 12.2. The second kappa shape index (κ2) is 6.40. The molecule has 0 spiro atoms. The molecule has 21 heavy (non-hydrogen) atoms. The number of rotatable bonds is 3. The van der Waals surface area contributed by atoms with Gasteiger partial charge in [-0.2, -0.15) is 0 Å². The van der Waals surface area contributed by atoms with Crippen LogP contribution in [-0.2, 0) is 6.42 Å². The van der Waals surface area contributed by atoms with E-state index in [9.17, 15) is 4.39 Å². The van der Waals surface area contributed by atoms with E-state index in [1.165, 1.54) is 5.56 Å². The van der Waals surface area contributed by atoms with Crippen molar-refractivity contribution in [2.45, 2.75) is 37.6 Å². The van der Waals surface area contributed by atoms with Crippen molar-refractivity contribution in [1.82, 2.24) is 0 Å². The molecule has 1 saturated carbocycles. The second-order valence-electron chi connectivity index (χ2n) is 6.14. The van der Waals surface area contributed by atoms with Crippen molar-refractivity contribution in [2.75, 3.05) is 0 Å². The lowest BCUT2D eigenvalue weighted by Crippen LogP contribution is -2.36. The van der Waals surface area contributed by atoms with Crippen molar-refractivity contribution < 1.29 is 4.39 Å². The third-order valence-electron chi connectivity index (χ3n) is 4.75. The molecule has 2 aromatic carbocycles. The molecule has 0 aromatic heterocycles. The normalized spacial score (nSPS) is 25.7. The lowest BCUT2D eigenvalue weighted by Gasteiger charge is -2.34. The zero-order chi connectivity index (χ0) is 14.7. The van der Waals surface area contributed by atoms with Gasteiger partial charge in [-0.15, -0.1) is 0 Å². The first-order chi connectivity index (χ1) is 10.2. The molecule has 0 saturated heterocycles. The van der Waals surface area contributed by atoms with Crippen LogP contribution >= 0.6 is 0 Å². The maximum absolute atomic E-state index is 13.9. The van der Waals surface area contributed by atoms with Crippen LogP contribution < -0.4 is 5.73 Å². The minimum atomic E-state index is -0.105. The number of halogens is 1. The Bertz CT molecular complexity index is 581. The van der Waals surface area contributed by atoms with E-state index in [-0.39, 0.29) is 11.9 Å². The third-order valence-corrected chi connectivity index (χ3v) is 4.75. The average molecular weight is 283 g/mol. The van der Waals surface area contributed by atoms with Crippen molar-refractivity contribution >= 4 is 0 Å². The third kappa shape index (κ3) is 3.33. The SMILES string of the molecule is NC1CCC(c2ccccc2)CC1Cc1ccccc1F. The molecular weight excluding hydrogens is 261 g/mol. The molecular formula is C19H22FN. The standard InChI is InChI=1S/C19H22FN/c20-18-9-5-4-8-16(18)13-17-12-15(10-11-19(17)21)14-6-2-1-3-7-14/h1-9,15,17,19H,10-13,21H2. The highest BCUT2D eigenvalue weighted by atomic mass is 19.1. The van der Waals surface area contributed by atoms with Crippen LogP contribution in [0.5, 0.6) is 0 Å². The van der Waals surface area contributed by atoms with E-state index in [1.54, 1.807) is 12.1 Å². The van der Waals surface area contributed by atoms with Crippen molar-refractivity contribution in [2.24, 2.45) is 11.7 Å². The smallest absolute Gasteiger partial charge is 0.126 e. The summed E-state index contributed by atoms with van der Waals surface area (Å²) < 4.78 is 13.9. The van der Waals surface area contributed by atoms with E-state index >= 15 is 0 Å². The first-order valence-electron chi connectivity index (χ1n) is 7.78. The molecule has 0 radical (unpaired) electrons. The van der Waals surface area contributed by atoms with Crippen LogP contribution in [0.4, 0.5) is 4.39 Å². The van der Waals surface area contributed by atoms with Gasteiger partial charge in [-0.1, -0.05) is 48.5 Å². The van der Waals surface area contributed by atoms with E-state index in [1.807, 2.05) is 12.1 Å². The highest BCUT2D eigenvalue weighted by Gasteiger charge is 2.29. The Hall–Kier alpha value is -1.67. The molecule has 2 heteroatoms. The molecule has 1 aliphatic rings. The quantitative estimate of drug-likeness (QED) is 0.894. The fourth-order valence-corrected chi connectivity index (χ4v) is 3.50. The van der Waals surface area contributed by atoms with E-state index in [4.69, 9.17) is 5.73 Å². The monoisotopic (exact) mass is 283 g/mol. The van der Waals surface area contributed by atoms with Crippen LogP contribution in [-0.4, -0.2) is 6.04 Å². The first-order valence-corrected chi connectivity index (χ1v) is 7.78. The zero-order valence-electron chi connectivity index (χ0n) is 12.2.